The Kier molecular flexibility index (Phi) is 8.86. The van der Waals surface area contributed by atoms with E-state index in [9.17, 15) is 36.3 Å². The lowest BCUT2D eigenvalue weighted by atomic mass is 10.1. The maximum absolute atomic E-state index is 15.4. The van der Waals surface area contributed by atoms with Crippen LogP contribution in [0.1, 0.15) is 15.9 Å². The first-order valence-corrected chi connectivity index (χ1v) is 13.5. The number of methoxy groups -OCH3 is 1. The molecule has 5 rings (SSSR count). The third-order valence-electron chi connectivity index (χ3n) is 7.06. The molecule has 0 bridgehead atoms. The van der Waals surface area contributed by atoms with Crippen LogP contribution >= 0.6 is 0 Å². The second-order valence-corrected chi connectivity index (χ2v) is 10.00. The van der Waals surface area contributed by atoms with Gasteiger partial charge in [-0.3, -0.25) is 19.1 Å². The number of hydrogen-bond acceptors (Lipinski definition) is 7. The number of alkyl halides is 5. The second-order valence-electron chi connectivity index (χ2n) is 10.00. The monoisotopic (exact) mass is 668 g/mol. The summed E-state index contributed by atoms with van der Waals surface area (Å²) in [6.07, 6.45) is -5.09. The van der Waals surface area contributed by atoms with Crippen molar-refractivity contribution in [2.45, 2.75) is 12.8 Å². The summed E-state index contributed by atoms with van der Waals surface area (Å²) in [6, 6.07) is 7.28. The van der Waals surface area contributed by atoms with Gasteiger partial charge >= 0.3 is 12.8 Å². The Labute approximate surface area is 260 Å². The number of halogens is 7. The molecule has 0 saturated carbocycles. The quantitative estimate of drug-likeness (QED) is 0.269. The molecule has 4 aromatic rings. The van der Waals surface area contributed by atoms with Gasteiger partial charge in [0.05, 0.1) is 19.2 Å². The Bertz CT molecular complexity index is 1880. The molecule has 0 spiro atoms. The zero-order valence-corrected chi connectivity index (χ0v) is 24.3. The van der Waals surface area contributed by atoms with Crippen molar-refractivity contribution < 1.29 is 49.8 Å². The van der Waals surface area contributed by atoms with Gasteiger partial charge in [0.2, 0.25) is 5.91 Å². The van der Waals surface area contributed by atoms with Crippen LogP contribution in [0.25, 0.3) is 17.1 Å². The number of piperazine rings is 1. The first-order chi connectivity index (χ1) is 22.2. The van der Waals surface area contributed by atoms with Gasteiger partial charge in [0.1, 0.15) is 45.9 Å². The van der Waals surface area contributed by atoms with E-state index < -0.39 is 70.1 Å². The normalized spacial score (nSPS) is 13.5. The van der Waals surface area contributed by atoms with E-state index in [0.717, 1.165) is 56.6 Å². The number of amides is 2. The molecule has 11 nitrogen and oxygen atoms in total. The summed E-state index contributed by atoms with van der Waals surface area (Å²) in [5.74, 6) is -5.80. The van der Waals surface area contributed by atoms with Crippen molar-refractivity contribution in [3.05, 3.63) is 81.6 Å². The van der Waals surface area contributed by atoms with Gasteiger partial charge in [0.15, 0.2) is 5.82 Å². The summed E-state index contributed by atoms with van der Waals surface area (Å²) in [7, 11) is 2.15. The maximum Gasteiger partial charge on any atom is 0.420 e. The van der Waals surface area contributed by atoms with Crippen molar-refractivity contribution in [1.82, 2.24) is 19.7 Å². The summed E-state index contributed by atoms with van der Waals surface area (Å²) in [4.78, 5) is 44.6. The lowest BCUT2D eigenvalue weighted by molar-refractivity contribution is -0.137. The molecular weight excluding hydrogens is 645 g/mol. The molecular formula is C29H23F7N6O5. The fourth-order valence-corrected chi connectivity index (χ4v) is 4.94. The van der Waals surface area contributed by atoms with Gasteiger partial charge in [0.25, 0.3) is 11.5 Å². The van der Waals surface area contributed by atoms with Gasteiger partial charge in [-0.1, -0.05) is 0 Å². The van der Waals surface area contributed by atoms with Crippen LogP contribution in [-0.4, -0.2) is 59.5 Å². The minimum atomic E-state index is -5.09. The highest BCUT2D eigenvalue weighted by atomic mass is 19.4. The molecule has 0 radical (unpaired) electrons. The highest BCUT2D eigenvalue weighted by Gasteiger charge is 2.38. The number of carbonyl (C=O) groups is 2. The molecule has 2 amide bonds. The fraction of sp³-hybridized carbons (Fsp3) is 0.241. The molecule has 248 valence electrons. The average molecular weight is 669 g/mol. The Morgan fingerprint density at radius 2 is 1.68 bits per heavy atom. The largest absolute Gasteiger partial charge is 0.497 e. The number of benzene rings is 2. The summed E-state index contributed by atoms with van der Waals surface area (Å²) in [5, 5.41) is 4.76. The number of hydrogen-bond donors (Lipinski definition) is 2. The number of carbonyl (C=O) groups excluding carboxylic acids is 2. The van der Waals surface area contributed by atoms with Crippen molar-refractivity contribution in [2.75, 3.05) is 37.0 Å². The number of nitrogens with zero attached hydrogens (tertiary/aromatic N) is 4. The highest BCUT2D eigenvalue weighted by Crippen LogP contribution is 2.37. The van der Waals surface area contributed by atoms with Crippen molar-refractivity contribution in [1.29, 1.82) is 0 Å². The summed E-state index contributed by atoms with van der Waals surface area (Å²) in [6.45, 7) is -3.08. The predicted octanol–water partition coefficient (Wildman–Crippen LogP) is 4.33. The van der Waals surface area contributed by atoms with Gasteiger partial charge < -0.3 is 25.0 Å². The molecule has 0 aliphatic carbocycles. The third kappa shape index (κ3) is 6.56. The number of aromatic nitrogens is 3. The van der Waals surface area contributed by atoms with Crippen LogP contribution in [0.3, 0.4) is 0 Å². The maximum atomic E-state index is 15.4. The minimum absolute atomic E-state index is 0.115. The molecule has 0 atom stereocenters. The molecule has 2 N–H and O–H groups in total. The van der Waals surface area contributed by atoms with Gasteiger partial charge in [-0.05, 0) is 36.4 Å². The molecule has 3 heterocycles. The molecule has 1 fully saturated rings. The van der Waals surface area contributed by atoms with E-state index in [0.29, 0.717) is 15.4 Å². The van der Waals surface area contributed by atoms with Crippen LogP contribution in [0.2, 0.25) is 0 Å². The van der Waals surface area contributed by atoms with E-state index in [1.165, 1.54) is 4.90 Å². The zero-order valence-electron chi connectivity index (χ0n) is 24.3. The molecule has 1 aliphatic rings. The molecule has 47 heavy (non-hydrogen) atoms. The Morgan fingerprint density at radius 1 is 1.02 bits per heavy atom. The highest BCUT2D eigenvalue weighted by molar-refractivity contribution is 6.06. The number of rotatable bonds is 8. The van der Waals surface area contributed by atoms with Crippen molar-refractivity contribution in [3.8, 4) is 28.6 Å². The van der Waals surface area contributed by atoms with Gasteiger partial charge in [0, 0.05) is 37.8 Å². The second kappa shape index (κ2) is 12.7. The Hall–Kier alpha value is -5.55. The average Bonchev–Trinajstić information content (AvgIpc) is 3.24. The first kappa shape index (κ1) is 32.8. The lowest BCUT2D eigenvalue weighted by Gasteiger charge is -2.28. The van der Waals surface area contributed by atoms with Crippen LogP contribution in [0.4, 0.5) is 42.2 Å². The van der Waals surface area contributed by atoms with Crippen molar-refractivity contribution in [2.24, 2.45) is 7.05 Å². The zero-order chi connectivity index (χ0) is 34.2. The summed E-state index contributed by atoms with van der Waals surface area (Å²) >= 11 is 0. The molecule has 0 unspecified atom stereocenters. The van der Waals surface area contributed by atoms with Gasteiger partial charge in [-0.2, -0.15) is 26.6 Å². The van der Waals surface area contributed by atoms with Crippen LogP contribution in [-0.2, 0) is 18.0 Å². The number of nitrogens with one attached hydrogen (secondary N) is 2. The summed E-state index contributed by atoms with van der Waals surface area (Å²) < 4.78 is 109. The summed E-state index contributed by atoms with van der Waals surface area (Å²) in [5.41, 5.74) is -5.45. The van der Waals surface area contributed by atoms with Crippen LogP contribution in [0, 0.1) is 11.6 Å². The molecule has 1 aliphatic heterocycles. The number of pyridine rings is 1. The molecule has 1 saturated heterocycles. The number of anilines is 2. The molecule has 18 heteroatoms. The third-order valence-corrected chi connectivity index (χ3v) is 7.06. The van der Waals surface area contributed by atoms with Gasteiger partial charge in [-0.25, -0.2) is 13.8 Å². The Morgan fingerprint density at radius 3 is 2.26 bits per heavy atom. The SMILES string of the molecule is COc1cc(F)c(-c2c(NC(=O)c3ccc(OC(F)F)cc3)c(=O)n(-c3nc(N4CCNC(=O)C4)ccc3C(F)(F)F)n2C)c(F)c1. The van der Waals surface area contributed by atoms with E-state index >= 15 is 8.78 Å². The number of ether oxygens (including phenoxy) is 2. The fourth-order valence-electron chi connectivity index (χ4n) is 4.94. The van der Waals surface area contributed by atoms with Crippen LogP contribution in [0.5, 0.6) is 11.5 Å². The smallest absolute Gasteiger partial charge is 0.420 e. The van der Waals surface area contributed by atoms with Crippen molar-refractivity contribution in [3.63, 3.8) is 0 Å². The predicted molar refractivity (Wildman–Crippen MR) is 152 cm³/mol. The van der Waals surface area contributed by atoms with Crippen molar-refractivity contribution >= 4 is 23.3 Å². The lowest BCUT2D eigenvalue weighted by Crippen LogP contribution is -2.48. The van der Waals surface area contributed by atoms with E-state index in [1.54, 1.807) is 0 Å². The van der Waals surface area contributed by atoms with E-state index in [-0.39, 0.29) is 42.5 Å². The standard InChI is InChI=1S/C29H23F7N6O5/c1-40-24(22-18(30)11-16(46-2)12-19(22)31)23(39-26(44)14-3-5-15(6-4-14)47-28(32)33)27(45)42(40)25-17(29(34,35)36)7-8-20(38-25)41-10-9-37-21(43)13-41/h3-8,11-12,28H,9-10,13H2,1-2H3,(H,37,43)(H,39,44). The van der Waals surface area contributed by atoms with E-state index in [2.05, 4.69) is 20.4 Å². The molecule has 2 aromatic carbocycles. The topological polar surface area (TPSA) is 120 Å². The Balaban J connectivity index is 1.72. The first-order valence-electron chi connectivity index (χ1n) is 13.5. The van der Waals surface area contributed by atoms with Crippen LogP contribution in [0.15, 0.2) is 53.3 Å². The van der Waals surface area contributed by atoms with E-state index in [1.807, 2.05) is 0 Å². The molecule has 2 aromatic heterocycles. The van der Waals surface area contributed by atoms with E-state index in [4.69, 9.17) is 4.74 Å². The minimum Gasteiger partial charge on any atom is -0.497 e. The van der Waals surface area contributed by atoms with Gasteiger partial charge in [-0.15, -0.1) is 0 Å². The van der Waals surface area contributed by atoms with Crippen LogP contribution < -0.4 is 30.6 Å².